The summed E-state index contributed by atoms with van der Waals surface area (Å²) in [7, 11) is 1.55. The molecule has 0 aliphatic rings. The number of hydrogen-bond donors (Lipinski definition) is 1. The van der Waals surface area contributed by atoms with Gasteiger partial charge in [0.05, 0.1) is 16.5 Å². The summed E-state index contributed by atoms with van der Waals surface area (Å²) in [5.74, 6) is 0.279. The van der Waals surface area contributed by atoms with Gasteiger partial charge >= 0.3 is 0 Å². The number of hydrogen-bond acceptors (Lipinski definition) is 4. The van der Waals surface area contributed by atoms with Gasteiger partial charge in [-0.15, -0.1) is 0 Å². The maximum atomic E-state index is 11.9. The number of nitro benzene ring substituents is 1. The zero-order valence-corrected chi connectivity index (χ0v) is 14.8. The summed E-state index contributed by atoms with van der Waals surface area (Å²) in [5, 5.41) is 13.6. The lowest BCUT2D eigenvalue weighted by molar-refractivity contribution is -0.384. The average Bonchev–Trinajstić information content (AvgIpc) is 2.54. The van der Waals surface area contributed by atoms with Crippen LogP contribution in [-0.2, 0) is 4.79 Å². The first-order valence-corrected chi connectivity index (χ1v) is 7.84. The molecule has 0 aromatic heterocycles. The lowest BCUT2D eigenvalue weighted by Crippen LogP contribution is -2.07. The van der Waals surface area contributed by atoms with Crippen molar-refractivity contribution in [3.05, 3.63) is 67.6 Å². The second-order valence-electron chi connectivity index (χ2n) is 4.64. The van der Waals surface area contributed by atoms with Crippen molar-refractivity contribution >= 4 is 50.9 Å². The molecule has 124 valence electrons. The van der Waals surface area contributed by atoms with Gasteiger partial charge in [-0.3, -0.25) is 14.9 Å². The normalized spacial score (nSPS) is 10.6. The quantitative estimate of drug-likeness (QED) is 0.440. The molecule has 1 N–H and O–H groups in total. The fourth-order valence-electron chi connectivity index (χ4n) is 1.87. The van der Waals surface area contributed by atoms with Crippen molar-refractivity contribution in [2.24, 2.45) is 0 Å². The molecule has 0 fully saturated rings. The number of halogens is 2. The molecule has 2 aromatic rings. The van der Waals surface area contributed by atoms with Gasteiger partial charge in [-0.05, 0) is 51.8 Å². The molecule has 24 heavy (non-hydrogen) atoms. The van der Waals surface area contributed by atoms with Crippen LogP contribution in [0.25, 0.3) is 6.08 Å². The van der Waals surface area contributed by atoms with Crippen LogP contribution < -0.4 is 10.1 Å². The van der Waals surface area contributed by atoms with Gasteiger partial charge in [0.15, 0.2) is 0 Å². The first-order chi connectivity index (χ1) is 11.4. The molecule has 0 spiro atoms. The average molecular weight is 412 g/mol. The Kier molecular flexibility index (Phi) is 5.94. The number of benzene rings is 2. The van der Waals surface area contributed by atoms with Gasteiger partial charge in [0.25, 0.3) is 5.69 Å². The second-order valence-corrected chi connectivity index (χ2v) is 5.90. The van der Waals surface area contributed by atoms with E-state index in [1.807, 2.05) is 0 Å². The third-order valence-corrected chi connectivity index (χ3v) is 3.95. The number of carbonyl (C=O) groups is 1. The Morgan fingerprint density at radius 2 is 2.08 bits per heavy atom. The van der Waals surface area contributed by atoms with E-state index >= 15 is 0 Å². The number of nitrogens with zero attached hydrogens (tertiary/aromatic N) is 1. The number of methoxy groups -OCH3 is 1. The van der Waals surface area contributed by atoms with Gasteiger partial charge in [0.2, 0.25) is 5.91 Å². The van der Waals surface area contributed by atoms with E-state index in [1.165, 1.54) is 24.3 Å². The molecular formula is C16H12BrClN2O4. The SMILES string of the molecule is COc1ccc(NC(=O)/C=C/c2ccc(Cl)c([N+](=O)[O-])c2)cc1Br. The van der Waals surface area contributed by atoms with Crippen molar-refractivity contribution in [2.45, 2.75) is 0 Å². The van der Waals surface area contributed by atoms with Crippen LogP contribution in [0, 0.1) is 10.1 Å². The van der Waals surface area contributed by atoms with E-state index in [0.29, 0.717) is 21.5 Å². The van der Waals surface area contributed by atoms with Crippen molar-refractivity contribution < 1.29 is 14.5 Å². The first-order valence-electron chi connectivity index (χ1n) is 6.67. The van der Waals surface area contributed by atoms with Crippen LogP contribution in [0.5, 0.6) is 5.75 Å². The zero-order valence-electron chi connectivity index (χ0n) is 12.5. The molecule has 2 aromatic carbocycles. The number of amides is 1. The molecule has 0 unspecified atom stereocenters. The van der Waals surface area contributed by atoms with Crippen LogP contribution in [0.3, 0.4) is 0 Å². The summed E-state index contributed by atoms with van der Waals surface area (Å²) in [6, 6.07) is 9.42. The van der Waals surface area contributed by atoms with Crippen molar-refractivity contribution in [1.29, 1.82) is 0 Å². The molecule has 0 radical (unpaired) electrons. The van der Waals surface area contributed by atoms with E-state index in [9.17, 15) is 14.9 Å². The molecular weight excluding hydrogens is 400 g/mol. The molecule has 0 saturated heterocycles. The van der Waals surface area contributed by atoms with Crippen LogP contribution in [0.4, 0.5) is 11.4 Å². The minimum absolute atomic E-state index is 0.0460. The largest absolute Gasteiger partial charge is 0.496 e. The number of nitro groups is 1. The topological polar surface area (TPSA) is 81.5 Å². The minimum atomic E-state index is -0.575. The standard InChI is InChI=1S/C16H12BrClN2O4/c1-24-15-6-4-11(9-12(15)17)19-16(21)7-3-10-2-5-13(18)14(8-10)20(22)23/h2-9H,1H3,(H,19,21)/b7-3+. The Morgan fingerprint density at radius 1 is 1.33 bits per heavy atom. The van der Waals surface area contributed by atoms with Gasteiger partial charge in [-0.2, -0.15) is 0 Å². The molecule has 8 heteroatoms. The van der Waals surface area contributed by atoms with E-state index in [4.69, 9.17) is 16.3 Å². The summed E-state index contributed by atoms with van der Waals surface area (Å²) in [4.78, 5) is 22.2. The summed E-state index contributed by atoms with van der Waals surface area (Å²) in [6.45, 7) is 0. The third-order valence-electron chi connectivity index (χ3n) is 3.01. The van der Waals surface area contributed by atoms with Gasteiger partial charge < -0.3 is 10.1 Å². The molecule has 6 nitrogen and oxygen atoms in total. The zero-order chi connectivity index (χ0) is 17.7. The molecule has 0 bridgehead atoms. The minimum Gasteiger partial charge on any atom is -0.496 e. The van der Waals surface area contributed by atoms with Crippen LogP contribution in [0.2, 0.25) is 5.02 Å². The highest BCUT2D eigenvalue weighted by Crippen LogP contribution is 2.28. The van der Waals surface area contributed by atoms with E-state index in [-0.39, 0.29) is 16.6 Å². The van der Waals surface area contributed by atoms with Crippen LogP contribution in [0.1, 0.15) is 5.56 Å². The van der Waals surface area contributed by atoms with Crippen LogP contribution >= 0.6 is 27.5 Å². The third kappa shape index (κ3) is 4.56. The number of ether oxygens (including phenoxy) is 1. The van der Waals surface area contributed by atoms with Gasteiger partial charge in [-0.25, -0.2) is 0 Å². The Balaban J connectivity index is 2.09. The predicted octanol–water partition coefficient (Wildman–Crippen LogP) is 4.67. The highest BCUT2D eigenvalue weighted by Gasteiger charge is 2.11. The highest BCUT2D eigenvalue weighted by atomic mass is 79.9. The van der Waals surface area contributed by atoms with Crippen molar-refractivity contribution in [2.75, 3.05) is 12.4 Å². The lowest BCUT2D eigenvalue weighted by Gasteiger charge is -2.06. The van der Waals surface area contributed by atoms with Crippen molar-refractivity contribution in [3.63, 3.8) is 0 Å². The lowest BCUT2D eigenvalue weighted by atomic mass is 10.2. The molecule has 0 heterocycles. The number of rotatable bonds is 5. The molecule has 0 aliphatic heterocycles. The molecule has 2 rings (SSSR count). The fourth-order valence-corrected chi connectivity index (χ4v) is 2.60. The number of carbonyl (C=O) groups excluding carboxylic acids is 1. The molecule has 0 aliphatic carbocycles. The Morgan fingerprint density at radius 3 is 2.71 bits per heavy atom. The van der Waals surface area contributed by atoms with Crippen molar-refractivity contribution in [3.8, 4) is 5.75 Å². The predicted molar refractivity (Wildman–Crippen MR) is 96.5 cm³/mol. The van der Waals surface area contributed by atoms with E-state index in [1.54, 1.807) is 31.4 Å². The Bertz CT molecular complexity index is 824. The monoisotopic (exact) mass is 410 g/mol. The van der Waals surface area contributed by atoms with E-state index in [2.05, 4.69) is 21.2 Å². The van der Waals surface area contributed by atoms with Crippen LogP contribution in [-0.4, -0.2) is 17.9 Å². The van der Waals surface area contributed by atoms with Gasteiger partial charge in [-0.1, -0.05) is 17.7 Å². The van der Waals surface area contributed by atoms with Gasteiger partial charge in [0.1, 0.15) is 10.8 Å². The van der Waals surface area contributed by atoms with Crippen molar-refractivity contribution in [1.82, 2.24) is 0 Å². The summed E-state index contributed by atoms with van der Waals surface area (Å²) >= 11 is 9.07. The van der Waals surface area contributed by atoms with Crippen LogP contribution in [0.15, 0.2) is 46.9 Å². The smallest absolute Gasteiger partial charge is 0.288 e. The van der Waals surface area contributed by atoms with Gasteiger partial charge in [0, 0.05) is 17.8 Å². The summed E-state index contributed by atoms with van der Waals surface area (Å²) < 4.78 is 5.82. The summed E-state index contributed by atoms with van der Waals surface area (Å²) in [5.41, 5.74) is 0.870. The van der Waals surface area contributed by atoms with E-state index in [0.717, 1.165) is 0 Å². The highest BCUT2D eigenvalue weighted by molar-refractivity contribution is 9.10. The number of anilines is 1. The summed E-state index contributed by atoms with van der Waals surface area (Å²) in [6.07, 6.45) is 2.75. The molecule has 0 atom stereocenters. The maximum absolute atomic E-state index is 11.9. The molecule has 1 amide bonds. The Labute approximate surface area is 151 Å². The Hall–Kier alpha value is -2.38. The maximum Gasteiger partial charge on any atom is 0.288 e. The fraction of sp³-hybridized carbons (Fsp3) is 0.0625. The van der Waals surface area contributed by atoms with E-state index < -0.39 is 4.92 Å². The second kappa shape index (κ2) is 7.94. The molecule has 0 saturated carbocycles. The number of nitrogens with one attached hydrogen (secondary N) is 1. The first kappa shape index (κ1) is 18.0.